The van der Waals surface area contributed by atoms with Gasteiger partial charge in [-0.2, -0.15) is 0 Å². The molecule has 4 rings (SSSR count). The fraction of sp³-hybridized carbons (Fsp3) is 0.0800. The van der Waals surface area contributed by atoms with Crippen LogP contribution in [0.4, 0.5) is 0 Å². The zero-order valence-electron chi connectivity index (χ0n) is 16.6. The first kappa shape index (κ1) is 19.3. The molecule has 0 saturated carbocycles. The molecule has 4 aromatic rings. The minimum atomic E-state index is -0.0201. The van der Waals surface area contributed by atoms with Crippen LogP contribution in [0.15, 0.2) is 97.3 Å². The van der Waals surface area contributed by atoms with Crippen molar-refractivity contribution in [3.8, 4) is 22.9 Å². The number of para-hydroxylation sites is 1. The second kappa shape index (κ2) is 9.01. The lowest BCUT2D eigenvalue weighted by Gasteiger charge is -2.17. The molecule has 0 N–H and O–H groups in total. The maximum absolute atomic E-state index is 12.7. The number of amides is 1. The van der Waals surface area contributed by atoms with Gasteiger partial charge in [-0.15, -0.1) is 0 Å². The highest BCUT2D eigenvalue weighted by molar-refractivity contribution is 5.94. The molecular formula is C25H21N3O2. The van der Waals surface area contributed by atoms with Crippen molar-refractivity contribution in [1.29, 1.82) is 0 Å². The molecule has 0 saturated heterocycles. The summed E-state index contributed by atoms with van der Waals surface area (Å²) in [5, 5.41) is 0. The van der Waals surface area contributed by atoms with Gasteiger partial charge in [0.05, 0.1) is 0 Å². The second-order valence-electron chi connectivity index (χ2n) is 6.89. The first-order valence-electron chi connectivity index (χ1n) is 9.64. The maximum atomic E-state index is 12.7. The summed E-state index contributed by atoms with van der Waals surface area (Å²) in [5.41, 5.74) is 3.53. The molecule has 3 aromatic carbocycles. The van der Waals surface area contributed by atoms with Crippen molar-refractivity contribution in [2.45, 2.75) is 6.54 Å². The second-order valence-corrected chi connectivity index (χ2v) is 6.89. The summed E-state index contributed by atoms with van der Waals surface area (Å²) < 4.78 is 5.62. The average Bonchev–Trinajstić information content (AvgIpc) is 2.80. The number of carbonyl (C=O) groups excluding carboxylic acids is 1. The standard InChI is InChI=1S/C25H21N3O2/c1-28(18-19-8-4-2-5-9-19)24(29)21-14-12-20(13-15-21)22-16-26-25(27-17-22)30-23-10-6-3-7-11-23/h2-17H,18H2,1H3. The third kappa shape index (κ3) is 4.70. The summed E-state index contributed by atoms with van der Waals surface area (Å²) >= 11 is 0. The highest BCUT2D eigenvalue weighted by Crippen LogP contribution is 2.22. The monoisotopic (exact) mass is 395 g/mol. The number of ether oxygens (including phenoxy) is 1. The molecular weight excluding hydrogens is 374 g/mol. The molecule has 0 spiro atoms. The lowest BCUT2D eigenvalue weighted by atomic mass is 10.1. The number of hydrogen-bond donors (Lipinski definition) is 0. The van der Waals surface area contributed by atoms with Gasteiger partial charge in [0.1, 0.15) is 5.75 Å². The van der Waals surface area contributed by atoms with E-state index in [1.54, 1.807) is 17.3 Å². The molecule has 1 aromatic heterocycles. The van der Waals surface area contributed by atoms with Crippen molar-refractivity contribution in [3.05, 3.63) is 108 Å². The maximum Gasteiger partial charge on any atom is 0.321 e. The zero-order valence-corrected chi connectivity index (χ0v) is 16.6. The van der Waals surface area contributed by atoms with Crippen molar-refractivity contribution < 1.29 is 9.53 Å². The van der Waals surface area contributed by atoms with Gasteiger partial charge in [0, 0.05) is 37.1 Å². The number of benzene rings is 3. The Kier molecular flexibility index (Phi) is 5.80. The van der Waals surface area contributed by atoms with Crippen LogP contribution in [0.1, 0.15) is 15.9 Å². The molecule has 5 heteroatoms. The van der Waals surface area contributed by atoms with E-state index >= 15 is 0 Å². The molecule has 5 nitrogen and oxygen atoms in total. The SMILES string of the molecule is CN(Cc1ccccc1)C(=O)c1ccc(-c2cnc(Oc3ccccc3)nc2)cc1. The van der Waals surface area contributed by atoms with E-state index < -0.39 is 0 Å². The Morgan fingerprint density at radius 1 is 0.800 bits per heavy atom. The third-order valence-electron chi connectivity index (χ3n) is 4.65. The third-order valence-corrected chi connectivity index (χ3v) is 4.65. The van der Waals surface area contributed by atoms with Crippen LogP contribution in [0.3, 0.4) is 0 Å². The molecule has 0 aliphatic rings. The fourth-order valence-corrected chi connectivity index (χ4v) is 3.07. The van der Waals surface area contributed by atoms with Crippen LogP contribution < -0.4 is 4.74 Å². The average molecular weight is 395 g/mol. The predicted molar refractivity (Wildman–Crippen MR) is 116 cm³/mol. The zero-order chi connectivity index (χ0) is 20.8. The lowest BCUT2D eigenvalue weighted by Crippen LogP contribution is -2.26. The minimum Gasteiger partial charge on any atom is -0.424 e. The van der Waals surface area contributed by atoms with E-state index in [0.717, 1.165) is 16.7 Å². The van der Waals surface area contributed by atoms with Crippen molar-refractivity contribution in [1.82, 2.24) is 14.9 Å². The van der Waals surface area contributed by atoms with E-state index in [1.165, 1.54) is 0 Å². The molecule has 1 amide bonds. The fourth-order valence-electron chi connectivity index (χ4n) is 3.07. The van der Waals surface area contributed by atoms with E-state index in [0.29, 0.717) is 23.9 Å². The van der Waals surface area contributed by atoms with Gasteiger partial charge in [0.15, 0.2) is 0 Å². The molecule has 0 atom stereocenters. The number of nitrogens with zero attached hydrogens (tertiary/aromatic N) is 3. The van der Waals surface area contributed by atoms with Crippen LogP contribution in [-0.4, -0.2) is 27.8 Å². The quantitative estimate of drug-likeness (QED) is 0.450. The summed E-state index contributed by atoms with van der Waals surface area (Å²) in [6.45, 7) is 0.568. The van der Waals surface area contributed by atoms with Crippen LogP contribution >= 0.6 is 0 Å². The molecule has 0 aliphatic carbocycles. The van der Waals surface area contributed by atoms with Crippen LogP contribution in [0.2, 0.25) is 0 Å². The smallest absolute Gasteiger partial charge is 0.321 e. The Hall–Kier alpha value is -3.99. The van der Waals surface area contributed by atoms with Crippen LogP contribution in [0, 0.1) is 0 Å². The number of hydrogen-bond acceptors (Lipinski definition) is 4. The summed E-state index contributed by atoms with van der Waals surface area (Å²) in [7, 11) is 1.81. The van der Waals surface area contributed by atoms with E-state index in [1.807, 2.05) is 92.0 Å². The van der Waals surface area contributed by atoms with Crippen molar-refractivity contribution in [2.24, 2.45) is 0 Å². The van der Waals surface area contributed by atoms with Crippen molar-refractivity contribution >= 4 is 5.91 Å². The van der Waals surface area contributed by atoms with Crippen molar-refractivity contribution in [2.75, 3.05) is 7.05 Å². The summed E-state index contributed by atoms with van der Waals surface area (Å²) in [6, 6.07) is 27.1. The van der Waals surface area contributed by atoms with E-state index in [9.17, 15) is 4.79 Å². The van der Waals surface area contributed by atoms with Gasteiger partial charge in [0.2, 0.25) is 0 Å². The van der Waals surface area contributed by atoms with Gasteiger partial charge >= 0.3 is 6.01 Å². The molecule has 30 heavy (non-hydrogen) atoms. The molecule has 0 radical (unpaired) electrons. The minimum absolute atomic E-state index is 0.0201. The van der Waals surface area contributed by atoms with E-state index in [4.69, 9.17) is 4.74 Å². The van der Waals surface area contributed by atoms with Gasteiger partial charge in [-0.05, 0) is 35.4 Å². The summed E-state index contributed by atoms with van der Waals surface area (Å²) in [6.07, 6.45) is 3.42. The molecule has 0 fully saturated rings. The predicted octanol–water partition coefficient (Wildman–Crippen LogP) is 5.21. The largest absolute Gasteiger partial charge is 0.424 e. The normalized spacial score (nSPS) is 10.4. The number of rotatable bonds is 6. The molecule has 0 bridgehead atoms. The summed E-state index contributed by atoms with van der Waals surface area (Å²) in [4.78, 5) is 23.0. The topological polar surface area (TPSA) is 55.3 Å². The van der Waals surface area contributed by atoms with Crippen LogP contribution in [0.25, 0.3) is 11.1 Å². The highest BCUT2D eigenvalue weighted by Gasteiger charge is 2.12. The Morgan fingerprint density at radius 2 is 1.40 bits per heavy atom. The first-order chi connectivity index (χ1) is 14.7. The van der Waals surface area contributed by atoms with E-state index in [2.05, 4.69) is 9.97 Å². The van der Waals surface area contributed by atoms with E-state index in [-0.39, 0.29) is 5.91 Å². The Balaban J connectivity index is 1.42. The van der Waals surface area contributed by atoms with Crippen LogP contribution in [0.5, 0.6) is 11.8 Å². The number of carbonyl (C=O) groups is 1. The Bertz CT molecular complexity index is 1100. The summed E-state index contributed by atoms with van der Waals surface area (Å²) in [5.74, 6) is 0.668. The van der Waals surface area contributed by atoms with Gasteiger partial charge in [-0.1, -0.05) is 60.7 Å². The first-order valence-corrected chi connectivity index (χ1v) is 9.64. The lowest BCUT2D eigenvalue weighted by molar-refractivity contribution is 0.0785. The van der Waals surface area contributed by atoms with Crippen LogP contribution in [-0.2, 0) is 6.54 Å². The van der Waals surface area contributed by atoms with Gasteiger partial charge in [0.25, 0.3) is 5.91 Å². The number of aromatic nitrogens is 2. The van der Waals surface area contributed by atoms with Crippen molar-refractivity contribution in [3.63, 3.8) is 0 Å². The molecule has 0 unspecified atom stereocenters. The van der Waals surface area contributed by atoms with Gasteiger partial charge < -0.3 is 9.64 Å². The molecule has 0 aliphatic heterocycles. The molecule has 148 valence electrons. The Morgan fingerprint density at radius 3 is 2.03 bits per heavy atom. The molecule has 1 heterocycles. The van der Waals surface area contributed by atoms with Gasteiger partial charge in [-0.3, -0.25) is 4.79 Å². The van der Waals surface area contributed by atoms with Gasteiger partial charge in [-0.25, -0.2) is 9.97 Å². The highest BCUT2D eigenvalue weighted by atomic mass is 16.5. The Labute approximate surface area is 175 Å².